The molecule has 2 N–H and O–H groups in total. The van der Waals surface area contributed by atoms with Gasteiger partial charge in [0.2, 0.25) is 0 Å². The van der Waals surface area contributed by atoms with E-state index < -0.39 is 17.5 Å². The number of hydrogen-bond acceptors (Lipinski definition) is 5. The Morgan fingerprint density at radius 1 is 0.968 bits per heavy atom. The lowest BCUT2D eigenvalue weighted by molar-refractivity contribution is 0.102. The van der Waals surface area contributed by atoms with Gasteiger partial charge in [-0.15, -0.1) is 10.2 Å². The third-order valence-corrected chi connectivity index (χ3v) is 4.59. The fourth-order valence-electron chi connectivity index (χ4n) is 2.74. The highest BCUT2D eigenvalue weighted by atomic mass is 35.5. The van der Waals surface area contributed by atoms with Crippen molar-refractivity contribution in [1.29, 1.82) is 0 Å². The molecule has 10 heteroatoms. The zero-order valence-corrected chi connectivity index (χ0v) is 16.9. The number of carbonyl (C=O) groups is 1. The van der Waals surface area contributed by atoms with Gasteiger partial charge in [-0.3, -0.25) is 4.79 Å². The molecular formula is C21H15ClF2N6O. The molecule has 0 aliphatic rings. The first-order valence-corrected chi connectivity index (χ1v) is 9.46. The van der Waals surface area contributed by atoms with Crippen LogP contribution in [0.15, 0.2) is 60.8 Å². The predicted octanol–water partition coefficient (Wildman–Crippen LogP) is 4.90. The van der Waals surface area contributed by atoms with Gasteiger partial charge >= 0.3 is 0 Å². The smallest absolute Gasteiger partial charge is 0.257 e. The van der Waals surface area contributed by atoms with E-state index in [1.165, 1.54) is 0 Å². The van der Waals surface area contributed by atoms with Crippen molar-refractivity contribution in [3.63, 3.8) is 0 Å². The largest absolute Gasteiger partial charge is 0.339 e. The van der Waals surface area contributed by atoms with E-state index in [2.05, 4.69) is 25.9 Å². The van der Waals surface area contributed by atoms with Crippen LogP contribution in [-0.4, -0.2) is 25.9 Å². The number of halogens is 3. The second kappa shape index (κ2) is 8.49. The zero-order valence-electron chi connectivity index (χ0n) is 16.1. The van der Waals surface area contributed by atoms with Crippen LogP contribution in [0.25, 0.3) is 5.82 Å². The van der Waals surface area contributed by atoms with E-state index in [-0.39, 0.29) is 10.6 Å². The molecule has 0 radical (unpaired) electrons. The molecule has 31 heavy (non-hydrogen) atoms. The summed E-state index contributed by atoms with van der Waals surface area (Å²) in [4.78, 5) is 12.3. The summed E-state index contributed by atoms with van der Waals surface area (Å²) >= 11 is 5.83. The van der Waals surface area contributed by atoms with Crippen LogP contribution in [0.5, 0.6) is 0 Å². The van der Waals surface area contributed by atoms with Crippen molar-refractivity contribution in [1.82, 2.24) is 20.0 Å². The molecule has 0 aliphatic carbocycles. The molecular weight excluding hydrogens is 426 g/mol. The second-order valence-corrected chi connectivity index (χ2v) is 6.99. The van der Waals surface area contributed by atoms with Gasteiger partial charge in [0.1, 0.15) is 0 Å². The zero-order chi connectivity index (χ0) is 22.0. The highest BCUT2D eigenvalue weighted by Gasteiger charge is 2.15. The Hall–Kier alpha value is -3.85. The van der Waals surface area contributed by atoms with Crippen LogP contribution in [0.4, 0.5) is 26.0 Å². The van der Waals surface area contributed by atoms with Gasteiger partial charge in [0.25, 0.3) is 5.91 Å². The lowest BCUT2D eigenvalue weighted by Crippen LogP contribution is -2.13. The average molecular weight is 441 g/mol. The molecule has 0 aliphatic heterocycles. The van der Waals surface area contributed by atoms with Gasteiger partial charge in [-0.2, -0.15) is 5.10 Å². The number of rotatable bonds is 5. The van der Waals surface area contributed by atoms with Crippen LogP contribution in [-0.2, 0) is 0 Å². The summed E-state index contributed by atoms with van der Waals surface area (Å²) in [6, 6.07) is 13.7. The topological polar surface area (TPSA) is 84.7 Å². The van der Waals surface area contributed by atoms with Crippen LogP contribution < -0.4 is 10.6 Å². The predicted molar refractivity (Wildman–Crippen MR) is 113 cm³/mol. The summed E-state index contributed by atoms with van der Waals surface area (Å²) in [7, 11) is 0. The maximum atomic E-state index is 13.4. The van der Waals surface area contributed by atoms with Gasteiger partial charge in [0.05, 0.1) is 16.3 Å². The van der Waals surface area contributed by atoms with Crippen molar-refractivity contribution in [3.05, 3.63) is 88.7 Å². The molecule has 0 spiro atoms. The molecule has 0 saturated carbocycles. The summed E-state index contributed by atoms with van der Waals surface area (Å²) in [5.74, 6) is -1.80. The summed E-state index contributed by atoms with van der Waals surface area (Å²) in [6.07, 6.45) is 1.80. The SMILES string of the molecule is Cc1ccn(-c2ccc(Nc3ccc(NC(=O)c4cc(F)c(F)cc4Cl)cc3)nn2)n1. The highest BCUT2D eigenvalue weighted by molar-refractivity contribution is 6.34. The van der Waals surface area contributed by atoms with Crippen molar-refractivity contribution in [2.24, 2.45) is 0 Å². The van der Waals surface area contributed by atoms with Crippen LogP contribution >= 0.6 is 11.6 Å². The first-order chi connectivity index (χ1) is 14.9. The Balaban J connectivity index is 1.41. The Bertz CT molecular complexity index is 1240. The van der Waals surface area contributed by atoms with E-state index in [4.69, 9.17) is 11.6 Å². The molecule has 1 amide bonds. The number of nitrogens with one attached hydrogen (secondary N) is 2. The molecule has 7 nitrogen and oxygen atoms in total. The number of amides is 1. The molecule has 0 saturated heterocycles. The van der Waals surface area contributed by atoms with Crippen molar-refractivity contribution in [3.8, 4) is 5.82 Å². The number of nitrogens with zero attached hydrogens (tertiary/aromatic N) is 4. The molecule has 0 fully saturated rings. The molecule has 0 atom stereocenters. The molecule has 4 rings (SSSR count). The van der Waals surface area contributed by atoms with Crippen LogP contribution in [0.3, 0.4) is 0 Å². The number of anilines is 3. The van der Waals surface area contributed by atoms with Crippen LogP contribution in [0.1, 0.15) is 16.1 Å². The standard InChI is InChI=1S/C21H15ClF2N6O/c1-12-8-9-30(29-12)20-7-6-19(27-28-20)25-13-2-4-14(5-3-13)26-21(31)15-10-17(23)18(24)11-16(15)22/h2-11H,1H3,(H,25,27)(H,26,31). The van der Waals surface area contributed by atoms with Crippen LogP contribution in [0, 0.1) is 18.6 Å². The van der Waals surface area contributed by atoms with Gasteiger partial charge in [-0.1, -0.05) is 11.6 Å². The van der Waals surface area contributed by atoms with Crippen LogP contribution in [0.2, 0.25) is 5.02 Å². The second-order valence-electron chi connectivity index (χ2n) is 6.58. The normalized spacial score (nSPS) is 10.7. The number of aromatic nitrogens is 4. The van der Waals surface area contributed by atoms with E-state index in [1.807, 2.05) is 13.0 Å². The van der Waals surface area contributed by atoms with Crippen molar-refractivity contribution >= 4 is 34.7 Å². The first kappa shape index (κ1) is 20.4. The highest BCUT2D eigenvalue weighted by Crippen LogP contribution is 2.22. The lowest BCUT2D eigenvalue weighted by atomic mass is 10.2. The summed E-state index contributed by atoms with van der Waals surface area (Å²) in [5.41, 5.74) is 1.88. The Labute approximate surface area is 180 Å². The van der Waals surface area contributed by atoms with E-state index >= 15 is 0 Å². The molecule has 4 aromatic rings. The van der Waals surface area contributed by atoms with Crippen molar-refractivity contribution < 1.29 is 13.6 Å². The average Bonchev–Trinajstić information content (AvgIpc) is 3.19. The summed E-state index contributed by atoms with van der Waals surface area (Å²) in [5, 5.41) is 18.0. The van der Waals surface area contributed by atoms with E-state index in [0.29, 0.717) is 23.0 Å². The Morgan fingerprint density at radius 3 is 2.32 bits per heavy atom. The maximum Gasteiger partial charge on any atom is 0.257 e. The fourth-order valence-corrected chi connectivity index (χ4v) is 2.97. The minimum Gasteiger partial charge on any atom is -0.339 e. The molecule has 0 unspecified atom stereocenters. The Morgan fingerprint density at radius 2 is 1.68 bits per heavy atom. The lowest BCUT2D eigenvalue weighted by Gasteiger charge is -2.09. The molecule has 156 valence electrons. The monoisotopic (exact) mass is 440 g/mol. The maximum absolute atomic E-state index is 13.4. The Kier molecular flexibility index (Phi) is 5.59. The molecule has 2 heterocycles. The summed E-state index contributed by atoms with van der Waals surface area (Å²) in [6.45, 7) is 1.89. The third kappa shape index (κ3) is 4.67. The van der Waals surface area contributed by atoms with Crippen molar-refractivity contribution in [2.45, 2.75) is 6.92 Å². The number of hydrogen-bond donors (Lipinski definition) is 2. The van der Waals surface area contributed by atoms with Gasteiger partial charge in [-0.25, -0.2) is 13.5 Å². The van der Waals surface area contributed by atoms with Crippen molar-refractivity contribution in [2.75, 3.05) is 10.6 Å². The number of aryl methyl sites for hydroxylation is 1. The quantitative estimate of drug-likeness (QED) is 0.431. The van der Waals surface area contributed by atoms with E-state index in [1.54, 1.807) is 47.3 Å². The van der Waals surface area contributed by atoms with Gasteiger partial charge in [0.15, 0.2) is 23.3 Å². The van der Waals surface area contributed by atoms with Gasteiger partial charge in [0, 0.05) is 17.6 Å². The van der Waals surface area contributed by atoms with Gasteiger partial charge in [-0.05, 0) is 61.5 Å². The van der Waals surface area contributed by atoms with E-state index in [0.717, 1.165) is 17.8 Å². The van der Waals surface area contributed by atoms with E-state index in [9.17, 15) is 13.6 Å². The third-order valence-electron chi connectivity index (χ3n) is 4.28. The minimum atomic E-state index is -1.15. The number of carbonyl (C=O) groups excluding carboxylic acids is 1. The fraction of sp³-hybridized carbons (Fsp3) is 0.0476. The van der Waals surface area contributed by atoms with Gasteiger partial charge < -0.3 is 10.6 Å². The molecule has 2 aromatic heterocycles. The molecule has 2 aromatic carbocycles. The summed E-state index contributed by atoms with van der Waals surface area (Å²) < 4.78 is 28.2. The number of benzene rings is 2. The molecule has 0 bridgehead atoms. The minimum absolute atomic E-state index is 0.162. The first-order valence-electron chi connectivity index (χ1n) is 9.08.